The summed E-state index contributed by atoms with van der Waals surface area (Å²) in [5.41, 5.74) is 22.1. The van der Waals surface area contributed by atoms with Crippen LogP contribution >= 0.6 is 0 Å². The SMILES string of the molecule is CCC(C#N)CC(C)C#N.CCCC([CH-]N)CC([CH-]N)CC.CCCC([CH-]N)CC([CH-]N)CC.[Cu+].[Cu+]. The van der Waals surface area contributed by atoms with E-state index < -0.39 is 0 Å². The van der Waals surface area contributed by atoms with Gasteiger partial charge in [0.15, 0.2) is 0 Å². The Bertz CT molecular complexity index is 463. The van der Waals surface area contributed by atoms with Crippen LogP contribution in [0.5, 0.6) is 0 Å². The van der Waals surface area contributed by atoms with E-state index in [2.05, 4.69) is 39.8 Å². The van der Waals surface area contributed by atoms with E-state index >= 15 is 0 Å². The van der Waals surface area contributed by atoms with Crippen LogP contribution in [0.4, 0.5) is 0 Å². The summed E-state index contributed by atoms with van der Waals surface area (Å²) in [6.07, 6.45) is 10.8. The van der Waals surface area contributed by atoms with E-state index in [1.54, 1.807) is 13.1 Å². The van der Waals surface area contributed by atoms with Gasteiger partial charge in [-0.15, -0.1) is 12.8 Å². The second-order valence-electron chi connectivity index (χ2n) is 9.18. The van der Waals surface area contributed by atoms with Gasteiger partial charge < -0.3 is 22.9 Å². The van der Waals surface area contributed by atoms with Crippen LogP contribution in [0.2, 0.25) is 0 Å². The third kappa shape index (κ3) is 28.4. The van der Waals surface area contributed by atoms with Gasteiger partial charge in [-0.2, -0.15) is 34.2 Å². The summed E-state index contributed by atoms with van der Waals surface area (Å²) in [5.74, 6) is 2.22. The largest absolute Gasteiger partial charge is 1.00 e. The maximum atomic E-state index is 8.51. The summed E-state index contributed by atoms with van der Waals surface area (Å²) < 4.78 is 0. The fraction of sp³-hybridized carbons (Fsp3) is 0.786. The molecule has 0 rings (SSSR count). The van der Waals surface area contributed by atoms with E-state index in [9.17, 15) is 0 Å². The first-order chi connectivity index (χ1) is 16.3. The van der Waals surface area contributed by atoms with Gasteiger partial charge in [-0.1, -0.05) is 73.1 Å². The Kier molecular flexibility index (Phi) is 44.3. The molecule has 0 heterocycles. The zero-order chi connectivity index (χ0) is 26.8. The Balaban J connectivity index is -0.000000130. The monoisotopic (exact) mass is 602 g/mol. The molecule has 0 saturated carbocycles. The molecule has 0 saturated heterocycles. The first kappa shape index (κ1) is 45.8. The van der Waals surface area contributed by atoms with Crippen LogP contribution in [0.25, 0.3) is 0 Å². The van der Waals surface area contributed by atoms with Crippen molar-refractivity contribution in [2.75, 3.05) is 0 Å². The minimum Gasteiger partial charge on any atom is -0.483 e. The summed E-state index contributed by atoms with van der Waals surface area (Å²) in [6, 6.07) is 4.28. The van der Waals surface area contributed by atoms with Crippen LogP contribution in [0.15, 0.2) is 0 Å². The van der Waals surface area contributed by atoms with Crippen molar-refractivity contribution < 1.29 is 34.1 Å². The number of hydrogen-bond acceptors (Lipinski definition) is 6. The quantitative estimate of drug-likeness (QED) is 0.115. The van der Waals surface area contributed by atoms with Crippen LogP contribution in [-0.2, 0) is 34.1 Å². The van der Waals surface area contributed by atoms with Crippen molar-refractivity contribution in [2.45, 2.75) is 106 Å². The molecular formula is C28H56Cu2N6-2. The van der Waals surface area contributed by atoms with Gasteiger partial charge in [-0.05, 0) is 19.8 Å². The molecule has 8 heteroatoms. The number of nitrogens with zero attached hydrogens (tertiary/aromatic N) is 2. The normalized spacial score (nSPS) is 14.8. The average Bonchev–Trinajstić information content (AvgIpc) is 2.88. The predicted molar refractivity (Wildman–Crippen MR) is 146 cm³/mol. The maximum absolute atomic E-state index is 8.51. The third-order valence-corrected chi connectivity index (χ3v) is 6.20. The second-order valence-corrected chi connectivity index (χ2v) is 9.18. The Morgan fingerprint density at radius 2 is 0.944 bits per heavy atom. The molecule has 0 aliphatic carbocycles. The molecule has 8 N–H and O–H groups in total. The number of nitriles is 2. The Hall–Kier alpha value is -0.141. The molecule has 0 amide bonds. The molecule has 0 spiro atoms. The van der Waals surface area contributed by atoms with E-state index in [0.29, 0.717) is 30.1 Å². The van der Waals surface area contributed by atoms with Crippen LogP contribution in [-0.4, -0.2) is 0 Å². The molecule has 0 aliphatic rings. The third-order valence-electron chi connectivity index (χ3n) is 6.20. The molecule has 0 radical (unpaired) electrons. The summed E-state index contributed by atoms with van der Waals surface area (Å²) in [6.45, 7) is 19.7. The van der Waals surface area contributed by atoms with Gasteiger partial charge in [0.25, 0.3) is 0 Å². The standard InChI is InChI=1S/2C10H22N2.C8H12N2.2Cu/c2*1-3-5-10(8-12)6-9(4-2)7-11;1-3-8(6-10)4-7(2)5-9;;/h2*7-10H,3-6,11-12H2,1-2H3;7-8H,3-4H2,1-2H3;;/q2*-2;;2*+1. The zero-order valence-corrected chi connectivity index (χ0v) is 25.5. The molecule has 6 nitrogen and oxygen atoms in total. The fourth-order valence-electron chi connectivity index (χ4n) is 3.66. The van der Waals surface area contributed by atoms with E-state index in [1.165, 1.54) is 25.7 Å². The van der Waals surface area contributed by atoms with Gasteiger partial charge in [0.1, 0.15) is 0 Å². The molecule has 36 heavy (non-hydrogen) atoms. The van der Waals surface area contributed by atoms with Gasteiger partial charge in [-0.3, -0.25) is 26.2 Å². The molecule has 6 unspecified atom stereocenters. The summed E-state index contributed by atoms with van der Waals surface area (Å²) in [7, 11) is 0. The van der Waals surface area contributed by atoms with Gasteiger partial charge in [-0.25, -0.2) is 0 Å². The molecule has 6 atom stereocenters. The first-order valence-corrected chi connectivity index (χ1v) is 13.3. The van der Waals surface area contributed by atoms with Crippen molar-refractivity contribution in [3.63, 3.8) is 0 Å². The number of nitrogens with two attached hydrogens (primary N) is 4. The molecule has 0 aromatic heterocycles. The molecular weight excluding hydrogens is 547 g/mol. The molecule has 0 fully saturated rings. The minimum atomic E-state index is 0. The van der Waals surface area contributed by atoms with Gasteiger partial charge in [0, 0.05) is 11.8 Å². The van der Waals surface area contributed by atoms with Crippen molar-refractivity contribution >= 4 is 0 Å². The van der Waals surface area contributed by atoms with Crippen LogP contribution in [0.3, 0.4) is 0 Å². The van der Waals surface area contributed by atoms with Gasteiger partial charge in [0.05, 0.1) is 12.1 Å². The van der Waals surface area contributed by atoms with Crippen LogP contribution in [0.1, 0.15) is 106 Å². The zero-order valence-electron chi connectivity index (χ0n) is 23.7. The van der Waals surface area contributed by atoms with Crippen molar-refractivity contribution in [3.8, 4) is 12.1 Å². The topological polar surface area (TPSA) is 152 Å². The molecule has 0 bridgehead atoms. The Morgan fingerprint density at radius 1 is 0.583 bits per heavy atom. The second kappa shape index (κ2) is 34.9. The minimum absolute atomic E-state index is 0. The van der Waals surface area contributed by atoms with Crippen LogP contribution < -0.4 is 22.9 Å². The molecule has 0 aliphatic heterocycles. The van der Waals surface area contributed by atoms with Crippen molar-refractivity contribution in [1.29, 1.82) is 10.5 Å². The van der Waals surface area contributed by atoms with Crippen molar-refractivity contribution in [3.05, 3.63) is 26.2 Å². The van der Waals surface area contributed by atoms with E-state index in [-0.39, 0.29) is 46.0 Å². The first-order valence-electron chi connectivity index (χ1n) is 13.3. The van der Waals surface area contributed by atoms with Crippen molar-refractivity contribution in [1.82, 2.24) is 0 Å². The predicted octanol–water partition coefficient (Wildman–Crippen LogP) is 6.20. The van der Waals surface area contributed by atoms with Crippen LogP contribution in [0, 0.1) is 84.3 Å². The maximum Gasteiger partial charge on any atom is 1.00 e. The molecule has 0 aromatic rings. The average molecular weight is 604 g/mol. The van der Waals surface area contributed by atoms with Gasteiger partial charge in [0.2, 0.25) is 0 Å². The Morgan fingerprint density at radius 3 is 1.14 bits per heavy atom. The number of rotatable bonds is 17. The summed E-state index contributed by atoms with van der Waals surface area (Å²) in [4.78, 5) is 0. The summed E-state index contributed by atoms with van der Waals surface area (Å²) >= 11 is 0. The van der Waals surface area contributed by atoms with E-state index in [0.717, 1.165) is 32.1 Å². The molecule has 222 valence electrons. The number of hydrogen-bond donors (Lipinski definition) is 4. The van der Waals surface area contributed by atoms with Crippen molar-refractivity contribution in [2.24, 2.45) is 58.4 Å². The molecule has 0 aromatic carbocycles. The van der Waals surface area contributed by atoms with E-state index in [4.69, 9.17) is 33.5 Å². The van der Waals surface area contributed by atoms with E-state index in [1.807, 2.05) is 26.9 Å². The smallest absolute Gasteiger partial charge is 0.483 e. The van der Waals surface area contributed by atoms with Gasteiger partial charge >= 0.3 is 34.1 Å². The Labute approximate surface area is 246 Å². The fourth-order valence-corrected chi connectivity index (χ4v) is 3.66. The summed E-state index contributed by atoms with van der Waals surface area (Å²) in [5, 5.41) is 16.9.